The van der Waals surface area contributed by atoms with Crippen molar-refractivity contribution in [2.24, 2.45) is 0 Å². The molecule has 1 atom stereocenters. The first-order chi connectivity index (χ1) is 13.0. The minimum absolute atomic E-state index is 0.0749. The van der Waals surface area contributed by atoms with Crippen molar-refractivity contribution in [2.45, 2.75) is 25.6 Å². The van der Waals surface area contributed by atoms with Crippen LogP contribution in [0.2, 0.25) is 0 Å². The van der Waals surface area contributed by atoms with Crippen molar-refractivity contribution in [2.75, 3.05) is 5.32 Å². The van der Waals surface area contributed by atoms with E-state index >= 15 is 0 Å². The molecule has 6 heteroatoms. The van der Waals surface area contributed by atoms with Crippen molar-refractivity contribution < 1.29 is 14.3 Å². The molecular weight excluding hydrogens is 345 g/mol. The first-order valence-electron chi connectivity index (χ1n) is 8.66. The third-order valence-electron chi connectivity index (χ3n) is 4.28. The lowest BCUT2D eigenvalue weighted by Crippen LogP contribution is -2.41. The van der Waals surface area contributed by atoms with Gasteiger partial charge in [0.05, 0.1) is 18.1 Å². The molecule has 0 saturated heterocycles. The van der Waals surface area contributed by atoms with Crippen LogP contribution >= 0.6 is 0 Å². The Kier molecular flexibility index (Phi) is 5.45. The van der Waals surface area contributed by atoms with Crippen LogP contribution in [0.3, 0.4) is 0 Å². The summed E-state index contributed by atoms with van der Waals surface area (Å²) >= 11 is 0. The Hall–Kier alpha value is -3.28. The third-order valence-corrected chi connectivity index (χ3v) is 4.28. The second-order valence-electron chi connectivity index (χ2n) is 6.23. The number of carboxylic acids is 1. The van der Waals surface area contributed by atoms with Crippen molar-refractivity contribution in [3.05, 3.63) is 78.1 Å². The predicted octanol–water partition coefficient (Wildman–Crippen LogP) is 4.31. The van der Waals surface area contributed by atoms with Crippen LogP contribution in [0.4, 0.5) is 10.2 Å². The highest BCUT2D eigenvalue weighted by Crippen LogP contribution is 2.22. The van der Waals surface area contributed by atoms with Gasteiger partial charge in [-0.2, -0.15) is 0 Å². The number of rotatable bonds is 7. The highest BCUT2D eigenvalue weighted by atomic mass is 19.1. The Morgan fingerprint density at radius 1 is 1.07 bits per heavy atom. The van der Waals surface area contributed by atoms with Gasteiger partial charge in [0, 0.05) is 12.0 Å². The molecule has 0 aliphatic rings. The Balaban J connectivity index is 1.77. The Morgan fingerprint density at radius 3 is 2.44 bits per heavy atom. The molecule has 27 heavy (non-hydrogen) atoms. The second kappa shape index (κ2) is 7.95. The summed E-state index contributed by atoms with van der Waals surface area (Å²) in [7, 11) is 0. The van der Waals surface area contributed by atoms with E-state index in [1.54, 1.807) is 0 Å². The molecule has 0 aliphatic heterocycles. The molecule has 0 amide bonds. The van der Waals surface area contributed by atoms with E-state index in [0.717, 1.165) is 17.5 Å². The molecule has 2 aromatic carbocycles. The fourth-order valence-corrected chi connectivity index (χ4v) is 2.71. The number of carbonyl (C=O) groups is 1. The average molecular weight is 365 g/mol. The molecule has 5 nitrogen and oxygen atoms in total. The van der Waals surface area contributed by atoms with E-state index in [1.807, 2.05) is 42.5 Å². The Bertz CT molecular complexity index is 916. The average Bonchev–Trinajstić information content (AvgIpc) is 2.69. The van der Waals surface area contributed by atoms with Crippen LogP contribution in [-0.2, 0) is 11.2 Å². The van der Waals surface area contributed by atoms with Crippen LogP contribution in [0.1, 0.15) is 24.5 Å². The molecule has 0 radical (unpaired) electrons. The molecule has 138 valence electrons. The normalized spacial score (nSPS) is 13.0. The second-order valence-corrected chi connectivity index (χ2v) is 6.23. The molecule has 1 unspecified atom stereocenters. The van der Waals surface area contributed by atoms with Gasteiger partial charge in [0.15, 0.2) is 0 Å². The van der Waals surface area contributed by atoms with Crippen molar-refractivity contribution in [1.29, 1.82) is 0 Å². The summed E-state index contributed by atoms with van der Waals surface area (Å²) in [5, 5.41) is 11.3. The number of benzene rings is 2. The van der Waals surface area contributed by atoms with E-state index in [-0.39, 0.29) is 12.2 Å². The van der Waals surface area contributed by atoms with E-state index in [9.17, 15) is 9.18 Å². The van der Waals surface area contributed by atoms with Crippen molar-refractivity contribution >= 4 is 11.8 Å². The summed E-state index contributed by atoms with van der Waals surface area (Å²) in [6, 6.07) is 18.1. The van der Waals surface area contributed by atoms with Gasteiger partial charge < -0.3 is 10.4 Å². The first kappa shape index (κ1) is 18.5. The largest absolute Gasteiger partial charge is 0.477 e. The molecule has 0 saturated carbocycles. The summed E-state index contributed by atoms with van der Waals surface area (Å²) in [5.41, 5.74) is 3.88. The monoisotopic (exact) mass is 365 g/mol. The lowest BCUT2D eigenvalue weighted by Gasteiger charge is -2.20. The predicted molar refractivity (Wildman–Crippen MR) is 102 cm³/mol. The zero-order valence-corrected chi connectivity index (χ0v) is 14.9. The van der Waals surface area contributed by atoms with Gasteiger partial charge in [0.25, 0.3) is 5.79 Å². The number of alkyl halides is 1. The maximum atomic E-state index is 14.2. The fourth-order valence-electron chi connectivity index (χ4n) is 2.71. The summed E-state index contributed by atoms with van der Waals surface area (Å²) < 4.78 is 14.2. The highest BCUT2D eigenvalue weighted by molar-refractivity contribution is 5.80. The molecule has 2 N–H and O–H groups in total. The molecular formula is C21H20FN3O2. The summed E-state index contributed by atoms with van der Waals surface area (Å²) in [5.74, 6) is -4.07. The molecule has 0 aliphatic carbocycles. The fraction of sp³-hybridized carbons (Fsp3) is 0.190. The summed E-state index contributed by atoms with van der Waals surface area (Å²) in [4.78, 5) is 19.4. The maximum absolute atomic E-state index is 14.2. The lowest BCUT2D eigenvalue weighted by molar-refractivity contribution is -0.149. The number of carboxylic acid groups (broad SMARTS) is 1. The van der Waals surface area contributed by atoms with Gasteiger partial charge in [-0.3, -0.25) is 4.98 Å². The molecule has 0 spiro atoms. The van der Waals surface area contributed by atoms with E-state index in [1.165, 1.54) is 24.9 Å². The zero-order chi connectivity index (χ0) is 19.3. The standard InChI is InChI=1S/C21H20FN3O2/c1-2-21(22,20(26)27)25-19-14-23-18(13-24-19)17-10-6-9-16(12-17)11-15-7-4-3-5-8-15/h3-10,12-14H,2,11H2,1H3,(H,24,25)(H,26,27). The number of nitrogens with zero attached hydrogens (tertiary/aromatic N) is 2. The number of anilines is 1. The van der Waals surface area contributed by atoms with Crippen LogP contribution in [0.15, 0.2) is 67.0 Å². The van der Waals surface area contributed by atoms with Crippen LogP contribution < -0.4 is 5.32 Å². The maximum Gasteiger partial charge on any atom is 0.362 e. The number of aromatic nitrogens is 2. The topological polar surface area (TPSA) is 75.1 Å². The number of halogens is 1. The summed E-state index contributed by atoms with van der Waals surface area (Å²) in [6.45, 7) is 1.45. The van der Waals surface area contributed by atoms with Gasteiger partial charge in [-0.05, 0) is 23.6 Å². The number of hydrogen-bond acceptors (Lipinski definition) is 4. The zero-order valence-electron chi connectivity index (χ0n) is 14.9. The van der Waals surface area contributed by atoms with Gasteiger partial charge in [0.2, 0.25) is 0 Å². The lowest BCUT2D eigenvalue weighted by atomic mass is 10.0. The quantitative estimate of drug-likeness (QED) is 0.611. The smallest absolute Gasteiger partial charge is 0.362 e. The van der Waals surface area contributed by atoms with Crippen LogP contribution in [0.5, 0.6) is 0 Å². The van der Waals surface area contributed by atoms with Crippen molar-refractivity contribution in [3.8, 4) is 11.3 Å². The first-order valence-corrected chi connectivity index (χ1v) is 8.66. The molecule has 3 rings (SSSR count). The van der Waals surface area contributed by atoms with E-state index < -0.39 is 11.8 Å². The summed E-state index contributed by atoms with van der Waals surface area (Å²) in [6.07, 6.45) is 3.42. The van der Waals surface area contributed by atoms with Crippen molar-refractivity contribution in [3.63, 3.8) is 0 Å². The Labute approximate surface area is 156 Å². The van der Waals surface area contributed by atoms with Gasteiger partial charge in [-0.15, -0.1) is 0 Å². The van der Waals surface area contributed by atoms with Crippen LogP contribution in [-0.4, -0.2) is 26.8 Å². The molecule has 3 aromatic rings. The molecule has 0 fully saturated rings. The van der Waals surface area contributed by atoms with E-state index in [4.69, 9.17) is 5.11 Å². The van der Waals surface area contributed by atoms with Crippen LogP contribution in [0.25, 0.3) is 11.3 Å². The van der Waals surface area contributed by atoms with Crippen molar-refractivity contribution in [1.82, 2.24) is 9.97 Å². The van der Waals surface area contributed by atoms with E-state index in [0.29, 0.717) is 5.69 Å². The third kappa shape index (κ3) is 4.47. The SMILES string of the molecule is CCC(F)(Nc1cnc(-c2cccc(Cc3ccccc3)c2)cn1)C(=O)O. The molecule has 1 aromatic heterocycles. The highest BCUT2D eigenvalue weighted by Gasteiger charge is 2.37. The Morgan fingerprint density at radius 2 is 1.81 bits per heavy atom. The molecule has 1 heterocycles. The van der Waals surface area contributed by atoms with Gasteiger partial charge in [0.1, 0.15) is 5.82 Å². The number of hydrogen-bond donors (Lipinski definition) is 2. The van der Waals surface area contributed by atoms with E-state index in [2.05, 4.69) is 27.4 Å². The van der Waals surface area contributed by atoms with Gasteiger partial charge in [-0.25, -0.2) is 14.2 Å². The molecule has 0 bridgehead atoms. The minimum Gasteiger partial charge on any atom is -0.477 e. The van der Waals surface area contributed by atoms with Crippen LogP contribution in [0, 0.1) is 0 Å². The minimum atomic E-state index is -2.56. The number of nitrogens with one attached hydrogen (secondary N) is 1. The van der Waals surface area contributed by atoms with Gasteiger partial charge >= 0.3 is 5.97 Å². The van der Waals surface area contributed by atoms with Gasteiger partial charge in [-0.1, -0.05) is 55.5 Å². The number of aliphatic carboxylic acids is 1.